The largest absolute Gasteiger partial charge is 0.491 e. The highest BCUT2D eigenvalue weighted by atomic mass is 16.5. The van der Waals surface area contributed by atoms with Gasteiger partial charge in [-0.3, -0.25) is 9.80 Å². The van der Waals surface area contributed by atoms with Crippen LogP contribution in [0.2, 0.25) is 0 Å². The van der Waals surface area contributed by atoms with Gasteiger partial charge in [-0.25, -0.2) is 0 Å². The molecule has 1 N–H and O–H groups in total. The van der Waals surface area contributed by atoms with E-state index < -0.39 is 6.10 Å². The summed E-state index contributed by atoms with van der Waals surface area (Å²) in [6.45, 7) is 10.6. The molecule has 4 rings (SSSR count). The van der Waals surface area contributed by atoms with Crippen LogP contribution in [0.25, 0.3) is 0 Å². The van der Waals surface area contributed by atoms with Crippen LogP contribution < -0.4 is 4.74 Å². The molecular formula is C26H36N2O2. The van der Waals surface area contributed by atoms with E-state index in [-0.39, 0.29) is 0 Å². The molecule has 30 heavy (non-hydrogen) atoms. The predicted molar refractivity (Wildman–Crippen MR) is 122 cm³/mol. The van der Waals surface area contributed by atoms with Gasteiger partial charge in [-0.2, -0.15) is 0 Å². The number of ether oxygens (including phenoxy) is 1. The van der Waals surface area contributed by atoms with Gasteiger partial charge in [-0.1, -0.05) is 36.8 Å². The SMILES string of the molecule is Cc1cc(OCC(O)CN2CCc3ccccc3C2)c(C)cc1CN1CCCCC1. The quantitative estimate of drug-likeness (QED) is 0.749. The predicted octanol–water partition coefficient (Wildman–Crippen LogP) is 4.09. The minimum atomic E-state index is -0.483. The van der Waals surface area contributed by atoms with Gasteiger partial charge in [0.05, 0.1) is 0 Å². The normalized spacial score (nSPS) is 18.8. The molecule has 1 fully saturated rings. The molecule has 1 saturated heterocycles. The van der Waals surface area contributed by atoms with Crippen molar-refractivity contribution in [2.45, 2.75) is 58.7 Å². The summed E-state index contributed by atoms with van der Waals surface area (Å²) in [7, 11) is 0. The van der Waals surface area contributed by atoms with E-state index in [9.17, 15) is 5.11 Å². The fraction of sp³-hybridized carbons (Fsp3) is 0.538. The third kappa shape index (κ3) is 5.42. The van der Waals surface area contributed by atoms with Gasteiger partial charge in [0.1, 0.15) is 18.5 Å². The van der Waals surface area contributed by atoms with Gasteiger partial charge in [0, 0.05) is 26.2 Å². The topological polar surface area (TPSA) is 35.9 Å². The molecule has 0 amide bonds. The lowest BCUT2D eigenvalue weighted by Crippen LogP contribution is -2.38. The number of rotatable bonds is 7. The first-order valence-corrected chi connectivity index (χ1v) is 11.5. The molecule has 0 aromatic heterocycles. The van der Waals surface area contributed by atoms with Crippen molar-refractivity contribution in [1.29, 1.82) is 0 Å². The van der Waals surface area contributed by atoms with Gasteiger partial charge in [0.25, 0.3) is 0 Å². The second kappa shape index (κ2) is 9.95. The second-order valence-corrected chi connectivity index (χ2v) is 9.10. The van der Waals surface area contributed by atoms with Crippen molar-refractivity contribution in [2.24, 2.45) is 0 Å². The Morgan fingerprint density at radius 2 is 1.70 bits per heavy atom. The standard InChI is InChI=1S/C26H36N2O2/c1-20-15-26(21(2)14-24(20)17-27-11-6-3-7-12-27)30-19-25(29)18-28-13-10-22-8-4-5-9-23(22)16-28/h4-5,8-9,14-15,25,29H,3,6-7,10-13,16-19H2,1-2H3. The lowest BCUT2D eigenvalue weighted by Gasteiger charge is -2.30. The van der Waals surface area contributed by atoms with Crippen molar-refractivity contribution in [3.8, 4) is 5.75 Å². The molecule has 0 saturated carbocycles. The van der Waals surface area contributed by atoms with Crippen LogP contribution in [0.1, 0.15) is 47.1 Å². The van der Waals surface area contributed by atoms with Gasteiger partial charge < -0.3 is 9.84 Å². The average Bonchev–Trinajstić information content (AvgIpc) is 2.76. The van der Waals surface area contributed by atoms with E-state index >= 15 is 0 Å². The highest BCUT2D eigenvalue weighted by Crippen LogP contribution is 2.25. The molecule has 4 nitrogen and oxygen atoms in total. The molecule has 1 unspecified atom stereocenters. The Labute approximate surface area is 181 Å². The zero-order chi connectivity index (χ0) is 20.9. The molecule has 2 aromatic carbocycles. The van der Waals surface area contributed by atoms with E-state index in [2.05, 4.69) is 60.0 Å². The van der Waals surface area contributed by atoms with Crippen LogP contribution in [0.3, 0.4) is 0 Å². The number of piperidine rings is 1. The molecule has 2 aliphatic rings. The van der Waals surface area contributed by atoms with E-state index in [0.29, 0.717) is 13.2 Å². The minimum absolute atomic E-state index is 0.337. The zero-order valence-electron chi connectivity index (χ0n) is 18.6. The monoisotopic (exact) mass is 408 g/mol. The molecule has 0 spiro atoms. The number of hydrogen-bond donors (Lipinski definition) is 1. The Hall–Kier alpha value is -1.88. The maximum atomic E-state index is 10.6. The average molecular weight is 409 g/mol. The number of hydrogen-bond acceptors (Lipinski definition) is 4. The number of aryl methyl sites for hydroxylation is 2. The van der Waals surface area contributed by atoms with Crippen molar-refractivity contribution in [3.05, 3.63) is 64.2 Å². The molecule has 1 atom stereocenters. The molecule has 162 valence electrons. The number of benzene rings is 2. The summed E-state index contributed by atoms with van der Waals surface area (Å²) < 4.78 is 6.05. The molecule has 2 aliphatic heterocycles. The fourth-order valence-corrected chi connectivity index (χ4v) is 4.78. The zero-order valence-corrected chi connectivity index (χ0v) is 18.6. The van der Waals surface area contributed by atoms with Crippen LogP contribution in [0.4, 0.5) is 0 Å². The number of β-amino-alcohol motifs (C(OH)–C–C–N with tert-alkyl or cyclic N) is 1. The molecule has 2 aromatic rings. The summed E-state index contributed by atoms with van der Waals surface area (Å²) in [6.07, 6.45) is 4.58. The minimum Gasteiger partial charge on any atom is -0.491 e. The molecule has 4 heteroatoms. The summed E-state index contributed by atoms with van der Waals surface area (Å²) in [5, 5.41) is 10.6. The molecule has 0 bridgehead atoms. The smallest absolute Gasteiger partial charge is 0.122 e. The first-order chi connectivity index (χ1) is 14.6. The Morgan fingerprint density at radius 1 is 0.933 bits per heavy atom. The van der Waals surface area contributed by atoms with Crippen molar-refractivity contribution < 1.29 is 9.84 Å². The van der Waals surface area contributed by atoms with E-state index in [4.69, 9.17) is 4.74 Å². The summed E-state index contributed by atoms with van der Waals surface area (Å²) in [6, 6.07) is 13.0. The fourth-order valence-electron chi connectivity index (χ4n) is 4.78. The third-order valence-corrected chi connectivity index (χ3v) is 6.59. The van der Waals surface area contributed by atoms with Crippen LogP contribution >= 0.6 is 0 Å². The second-order valence-electron chi connectivity index (χ2n) is 9.10. The number of likely N-dealkylation sites (tertiary alicyclic amines) is 1. The Kier molecular flexibility index (Phi) is 7.08. The van der Waals surface area contributed by atoms with E-state index in [1.807, 2.05) is 0 Å². The Balaban J connectivity index is 1.29. The van der Waals surface area contributed by atoms with Crippen LogP contribution in [0.5, 0.6) is 5.75 Å². The van der Waals surface area contributed by atoms with Crippen LogP contribution in [0.15, 0.2) is 36.4 Å². The number of aliphatic hydroxyl groups is 1. The number of aliphatic hydroxyl groups excluding tert-OH is 1. The summed E-state index contributed by atoms with van der Waals surface area (Å²) in [4.78, 5) is 4.89. The lowest BCUT2D eigenvalue weighted by molar-refractivity contribution is 0.0635. The molecule has 2 heterocycles. The molecule has 0 aliphatic carbocycles. The first-order valence-electron chi connectivity index (χ1n) is 11.5. The maximum absolute atomic E-state index is 10.6. The van der Waals surface area contributed by atoms with E-state index in [0.717, 1.165) is 37.4 Å². The van der Waals surface area contributed by atoms with Crippen LogP contribution in [-0.2, 0) is 19.5 Å². The van der Waals surface area contributed by atoms with Crippen molar-refractivity contribution in [3.63, 3.8) is 0 Å². The highest BCUT2D eigenvalue weighted by Gasteiger charge is 2.19. The lowest BCUT2D eigenvalue weighted by atomic mass is 10.00. The Morgan fingerprint density at radius 3 is 2.50 bits per heavy atom. The third-order valence-electron chi connectivity index (χ3n) is 6.59. The first kappa shape index (κ1) is 21.4. The van der Waals surface area contributed by atoms with E-state index in [1.165, 1.54) is 54.6 Å². The van der Waals surface area contributed by atoms with Gasteiger partial charge in [-0.15, -0.1) is 0 Å². The maximum Gasteiger partial charge on any atom is 0.122 e. The molecule has 0 radical (unpaired) electrons. The van der Waals surface area contributed by atoms with Gasteiger partial charge in [0.2, 0.25) is 0 Å². The van der Waals surface area contributed by atoms with Gasteiger partial charge in [0.15, 0.2) is 0 Å². The summed E-state index contributed by atoms with van der Waals surface area (Å²) in [5.41, 5.74) is 6.66. The summed E-state index contributed by atoms with van der Waals surface area (Å²) in [5.74, 6) is 0.901. The van der Waals surface area contributed by atoms with Crippen LogP contribution in [0, 0.1) is 13.8 Å². The number of nitrogens with zero attached hydrogens (tertiary/aromatic N) is 2. The van der Waals surface area contributed by atoms with E-state index in [1.54, 1.807) is 0 Å². The number of fused-ring (bicyclic) bond motifs is 1. The summed E-state index contributed by atoms with van der Waals surface area (Å²) >= 11 is 0. The molecular weight excluding hydrogens is 372 g/mol. The van der Waals surface area contributed by atoms with Crippen molar-refractivity contribution in [2.75, 3.05) is 32.8 Å². The van der Waals surface area contributed by atoms with Crippen molar-refractivity contribution in [1.82, 2.24) is 9.80 Å². The van der Waals surface area contributed by atoms with Crippen molar-refractivity contribution >= 4 is 0 Å². The highest BCUT2D eigenvalue weighted by molar-refractivity contribution is 5.41. The van der Waals surface area contributed by atoms with Gasteiger partial charge >= 0.3 is 0 Å². The Bertz CT molecular complexity index is 845. The van der Waals surface area contributed by atoms with Crippen LogP contribution in [-0.4, -0.2) is 53.8 Å². The van der Waals surface area contributed by atoms with Gasteiger partial charge in [-0.05, 0) is 80.1 Å².